The van der Waals surface area contributed by atoms with E-state index in [1.165, 1.54) is 11.1 Å². The first-order valence-corrected chi connectivity index (χ1v) is 5.03. The molecule has 0 unspecified atom stereocenters. The van der Waals surface area contributed by atoms with E-state index in [1.807, 2.05) is 26.0 Å². The SMILES string of the molecule is Cc1cc2[nH]c(=O)n(CCN)c2cc1C. The first kappa shape index (κ1) is 9.98. The summed E-state index contributed by atoms with van der Waals surface area (Å²) in [5.74, 6) is 0. The average molecular weight is 205 g/mol. The lowest BCUT2D eigenvalue weighted by atomic mass is 10.1. The number of rotatable bonds is 2. The van der Waals surface area contributed by atoms with Crippen LogP contribution in [-0.2, 0) is 6.54 Å². The number of fused-ring (bicyclic) bond motifs is 1. The van der Waals surface area contributed by atoms with E-state index in [0.29, 0.717) is 13.1 Å². The van der Waals surface area contributed by atoms with Crippen molar-refractivity contribution < 1.29 is 0 Å². The van der Waals surface area contributed by atoms with Crippen LogP contribution >= 0.6 is 0 Å². The molecule has 4 nitrogen and oxygen atoms in total. The summed E-state index contributed by atoms with van der Waals surface area (Å²) in [7, 11) is 0. The maximum Gasteiger partial charge on any atom is 0.326 e. The molecule has 0 fully saturated rings. The molecular formula is C11H15N3O. The number of nitrogens with two attached hydrogens (primary N) is 1. The molecule has 2 rings (SSSR count). The monoisotopic (exact) mass is 205 g/mol. The van der Waals surface area contributed by atoms with Crippen molar-refractivity contribution in [3.05, 3.63) is 33.7 Å². The van der Waals surface area contributed by atoms with Gasteiger partial charge in [0, 0.05) is 13.1 Å². The van der Waals surface area contributed by atoms with Crippen molar-refractivity contribution in [1.29, 1.82) is 0 Å². The molecule has 0 aliphatic carbocycles. The van der Waals surface area contributed by atoms with Crippen molar-refractivity contribution in [2.75, 3.05) is 6.54 Å². The third kappa shape index (κ3) is 1.57. The fraction of sp³-hybridized carbons (Fsp3) is 0.364. The highest BCUT2D eigenvalue weighted by Gasteiger charge is 2.06. The van der Waals surface area contributed by atoms with Gasteiger partial charge in [0.15, 0.2) is 0 Å². The molecule has 80 valence electrons. The summed E-state index contributed by atoms with van der Waals surface area (Å²) >= 11 is 0. The van der Waals surface area contributed by atoms with Crippen LogP contribution in [0.3, 0.4) is 0 Å². The quantitative estimate of drug-likeness (QED) is 0.765. The fourth-order valence-electron chi connectivity index (χ4n) is 1.77. The molecule has 0 radical (unpaired) electrons. The standard InChI is InChI=1S/C11H15N3O/c1-7-5-9-10(6-8(7)2)14(4-3-12)11(15)13-9/h5-6H,3-4,12H2,1-2H3,(H,13,15). The molecule has 0 aliphatic heterocycles. The molecule has 0 saturated heterocycles. The van der Waals surface area contributed by atoms with Crippen LogP contribution in [0.4, 0.5) is 0 Å². The Labute approximate surface area is 87.7 Å². The molecule has 3 N–H and O–H groups in total. The molecule has 1 heterocycles. The summed E-state index contributed by atoms with van der Waals surface area (Å²) in [4.78, 5) is 14.4. The van der Waals surface area contributed by atoms with Gasteiger partial charge in [0.1, 0.15) is 0 Å². The fourth-order valence-corrected chi connectivity index (χ4v) is 1.77. The van der Waals surface area contributed by atoms with Crippen LogP contribution in [0.25, 0.3) is 11.0 Å². The smallest absolute Gasteiger partial charge is 0.326 e. The normalized spacial score (nSPS) is 11.1. The Hall–Kier alpha value is -1.55. The van der Waals surface area contributed by atoms with Gasteiger partial charge in [-0.2, -0.15) is 0 Å². The maximum atomic E-state index is 11.6. The van der Waals surface area contributed by atoms with Crippen LogP contribution < -0.4 is 11.4 Å². The zero-order valence-corrected chi connectivity index (χ0v) is 9.00. The van der Waals surface area contributed by atoms with Gasteiger partial charge in [-0.1, -0.05) is 0 Å². The lowest BCUT2D eigenvalue weighted by Gasteiger charge is -2.03. The molecule has 0 aliphatic rings. The number of aromatic amines is 1. The molecule has 15 heavy (non-hydrogen) atoms. The molecule has 2 aromatic rings. The van der Waals surface area contributed by atoms with Gasteiger partial charge in [-0.25, -0.2) is 4.79 Å². The largest absolute Gasteiger partial charge is 0.329 e. The highest BCUT2D eigenvalue weighted by molar-refractivity contribution is 5.77. The van der Waals surface area contributed by atoms with E-state index in [2.05, 4.69) is 4.98 Å². The first-order chi connectivity index (χ1) is 7.13. The number of hydrogen-bond donors (Lipinski definition) is 2. The number of aromatic nitrogens is 2. The van der Waals surface area contributed by atoms with Crippen LogP contribution in [-0.4, -0.2) is 16.1 Å². The van der Waals surface area contributed by atoms with E-state index < -0.39 is 0 Å². The van der Waals surface area contributed by atoms with Crippen LogP contribution in [0.5, 0.6) is 0 Å². The zero-order chi connectivity index (χ0) is 11.0. The Bertz CT molecular complexity index is 551. The maximum absolute atomic E-state index is 11.6. The third-order valence-electron chi connectivity index (χ3n) is 2.74. The van der Waals surface area contributed by atoms with Gasteiger partial charge >= 0.3 is 5.69 Å². The van der Waals surface area contributed by atoms with Gasteiger partial charge < -0.3 is 10.7 Å². The Morgan fingerprint density at radius 1 is 1.33 bits per heavy atom. The molecule has 0 atom stereocenters. The number of nitrogens with zero attached hydrogens (tertiary/aromatic N) is 1. The van der Waals surface area contributed by atoms with Gasteiger partial charge in [0.05, 0.1) is 11.0 Å². The van der Waals surface area contributed by atoms with E-state index in [4.69, 9.17) is 5.73 Å². The minimum Gasteiger partial charge on any atom is -0.329 e. The van der Waals surface area contributed by atoms with E-state index in [-0.39, 0.29) is 5.69 Å². The Kier molecular flexibility index (Phi) is 2.36. The van der Waals surface area contributed by atoms with Crippen molar-refractivity contribution in [2.45, 2.75) is 20.4 Å². The van der Waals surface area contributed by atoms with Gasteiger partial charge in [0.2, 0.25) is 0 Å². The van der Waals surface area contributed by atoms with Crippen molar-refractivity contribution in [2.24, 2.45) is 5.73 Å². The number of imidazole rings is 1. The first-order valence-electron chi connectivity index (χ1n) is 5.03. The van der Waals surface area contributed by atoms with Crippen LogP contribution in [0.15, 0.2) is 16.9 Å². The lowest BCUT2D eigenvalue weighted by Crippen LogP contribution is -2.21. The lowest BCUT2D eigenvalue weighted by molar-refractivity contribution is 0.702. The molecule has 0 amide bonds. The molecule has 0 spiro atoms. The van der Waals surface area contributed by atoms with Gasteiger partial charge in [-0.3, -0.25) is 4.57 Å². The molecule has 0 saturated carbocycles. The average Bonchev–Trinajstić information content (AvgIpc) is 2.46. The van der Waals surface area contributed by atoms with E-state index >= 15 is 0 Å². The van der Waals surface area contributed by atoms with Crippen molar-refractivity contribution in [3.8, 4) is 0 Å². The molecule has 1 aromatic carbocycles. The molecule has 0 bridgehead atoms. The molecule has 1 aromatic heterocycles. The molecule has 4 heteroatoms. The highest BCUT2D eigenvalue weighted by atomic mass is 16.1. The van der Waals surface area contributed by atoms with Gasteiger partial charge in [-0.05, 0) is 37.1 Å². The summed E-state index contributed by atoms with van der Waals surface area (Å²) < 4.78 is 1.68. The Morgan fingerprint density at radius 3 is 2.67 bits per heavy atom. The zero-order valence-electron chi connectivity index (χ0n) is 9.00. The number of H-pyrrole nitrogens is 1. The summed E-state index contributed by atoms with van der Waals surface area (Å²) in [6.45, 7) is 5.10. The third-order valence-corrected chi connectivity index (χ3v) is 2.74. The van der Waals surface area contributed by atoms with E-state index in [0.717, 1.165) is 11.0 Å². The van der Waals surface area contributed by atoms with Crippen LogP contribution in [0.1, 0.15) is 11.1 Å². The van der Waals surface area contributed by atoms with Crippen molar-refractivity contribution in [3.63, 3.8) is 0 Å². The summed E-state index contributed by atoms with van der Waals surface area (Å²) in [5, 5.41) is 0. The van der Waals surface area contributed by atoms with E-state index in [1.54, 1.807) is 4.57 Å². The summed E-state index contributed by atoms with van der Waals surface area (Å²) in [5.41, 5.74) is 9.59. The van der Waals surface area contributed by atoms with Gasteiger partial charge in [0.25, 0.3) is 0 Å². The number of hydrogen-bond acceptors (Lipinski definition) is 2. The Balaban J connectivity index is 2.76. The Morgan fingerprint density at radius 2 is 2.00 bits per heavy atom. The minimum absolute atomic E-state index is 0.0829. The summed E-state index contributed by atoms with van der Waals surface area (Å²) in [6, 6.07) is 4.03. The number of benzene rings is 1. The van der Waals surface area contributed by atoms with Crippen LogP contribution in [0.2, 0.25) is 0 Å². The number of nitrogens with one attached hydrogen (secondary N) is 1. The minimum atomic E-state index is -0.0829. The van der Waals surface area contributed by atoms with E-state index in [9.17, 15) is 4.79 Å². The second kappa shape index (κ2) is 3.55. The summed E-state index contributed by atoms with van der Waals surface area (Å²) in [6.07, 6.45) is 0. The second-order valence-electron chi connectivity index (χ2n) is 3.82. The highest BCUT2D eigenvalue weighted by Crippen LogP contribution is 2.16. The van der Waals surface area contributed by atoms with Gasteiger partial charge in [-0.15, -0.1) is 0 Å². The van der Waals surface area contributed by atoms with Crippen molar-refractivity contribution >= 4 is 11.0 Å². The predicted molar refractivity (Wildman–Crippen MR) is 61.1 cm³/mol. The second-order valence-corrected chi connectivity index (χ2v) is 3.82. The number of aryl methyl sites for hydroxylation is 2. The van der Waals surface area contributed by atoms with Crippen molar-refractivity contribution in [1.82, 2.24) is 9.55 Å². The predicted octanol–water partition coefficient (Wildman–Crippen LogP) is 0.905. The topological polar surface area (TPSA) is 63.8 Å². The molecular weight excluding hydrogens is 190 g/mol. The van der Waals surface area contributed by atoms with Crippen LogP contribution in [0, 0.1) is 13.8 Å².